The molecule has 0 heterocycles. The van der Waals surface area contributed by atoms with Crippen LogP contribution in [0.4, 0.5) is 0 Å². The van der Waals surface area contributed by atoms with Crippen molar-refractivity contribution in [3.63, 3.8) is 0 Å². The Morgan fingerprint density at radius 3 is 2.38 bits per heavy atom. The van der Waals surface area contributed by atoms with Crippen LogP contribution in [0.3, 0.4) is 0 Å². The van der Waals surface area contributed by atoms with Gasteiger partial charge in [0.25, 0.3) is 0 Å². The first-order valence-electron chi connectivity index (χ1n) is 6.58. The van der Waals surface area contributed by atoms with Crippen LogP contribution in [-0.4, -0.2) is 50.3 Å². The molecule has 0 saturated heterocycles. The van der Waals surface area contributed by atoms with Crippen LogP contribution < -0.4 is 5.32 Å². The minimum Gasteiger partial charge on any atom is -0.383 e. The summed E-state index contributed by atoms with van der Waals surface area (Å²) in [7, 11) is 1.77. The fraction of sp³-hybridized carbons (Fsp3) is 1.00. The lowest BCUT2D eigenvalue weighted by Crippen LogP contribution is -2.37. The summed E-state index contributed by atoms with van der Waals surface area (Å²) in [4.78, 5) is 2.48. The second-order valence-electron chi connectivity index (χ2n) is 4.75. The van der Waals surface area contributed by atoms with Crippen molar-refractivity contribution in [2.75, 3.05) is 33.4 Å². The molecule has 0 aliphatic heterocycles. The Morgan fingerprint density at radius 2 is 1.88 bits per heavy atom. The zero-order valence-corrected chi connectivity index (χ0v) is 11.8. The molecule has 0 radical (unpaired) electrons. The van der Waals surface area contributed by atoms with Crippen LogP contribution in [-0.2, 0) is 4.74 Å². The number of likely N-dealkylation sites (N-methyl/N-ethyl adjacent to an activating group) is 1. The number of nitrogens with zero attached hydrogens (tertiary/aromatic N) is 1. The Labute approximate surface area is 102 Å². The maximum atomic E-state index is 5.19. The minimum absolute atomic E-state index is 0.535. The monoisotopic (exact) mass is 230 g/mol. The molecule has 0 aromatic carbocycles. The van der Waals surface area contributed by atoms with E-state index >= 15 is 0 Å². The predicted molar refractivity (Wildman–Crippen MR) is 71.0 cm³/mol. The minimum atomic E-state index is 0.535. The number of unbranched alkanes of at least 4 members (excludes halogenated alkanes) is 1. The molecular weight excluding hydrogens is 200 g/mol. The van der Waals surface area contributed by atoms with Gasteiger partial charge in [0.2, 0.25) is 0 Å². The molecule has 0 aliphatic carbocycles. The molecule has 3 heteroatoms. The summed E-state index contributed by atoms with van der Waals surface area (Å²) >= 11 is 0. The van der Waals surface area contributed by atoms with Crippen molar-refractivity contribution >= 4 is 0 Å². The highest BCUT2D eigenvalue weighted by molar-refractivity contribution is 4.65. The largest absolute Gasteiger partial charge is 0.383 e. The molecule has 16 heavy (non-hydrogen) atoms. The number of nitrogens with one attached hydrogen (secondary N) is 1. The second kappa shape index (κ2) is 10.1. The van der Waals surface area contributed by atoms with Crippen molar-refractivity contribution < 1.29 is 4.74 Å². The first-order valence-corrected chi connectivity index (χ1v) is 6.58. The molecule has 0 saturated carbocycles. The fourth-order valence-corrected chi connectivity index (χ4v) is 1.87. The summed E-state index contributed by atoms with van der Waals surface area (Å²) in [6, 6.07) is 1.14. The molecule has 0 aromatic rings. The summed E-state index contributed by atoms with van der Waals surface area (Å²) < 4.78 is 5.19. The summed E-state index contributed by atoms with van der Waals surface area (Å²) in [6.45, 7) is 13.1. The van der Waals surface area contributed by atoms with Crippen LogP contribution in [0, 0.1) is 0 Å². The molecule has 0 bridgehead atoms. The van der Waals surface area contributed by atoms with Crippen molar-refractivity contribution in [1.29, 1.82) is 0 Å². The Hall–Kier alpha value is -0.120. The van der Waals surface area contributed by atoms with Gasteiger partial charge in [0.05, 0.1) is 6.61 Å². The molecule has 0 aromatic heterocycles. The van der Waals surface area contributed by atoms with Gasteiger partial charge in [0.1, 0.15) is 0 Å². The molecule has 1 unspecified atom stereocenters. The van der Waals surface area contributed by atoms with Gasteiger partial charge in [-0.25, -0.2) is 0 Å². The SMILES string of the molecule is CCN(CCCCNC(C)C)C(C)COC. The van der Waals surface area contributed by atoms with E-state index in [1.165, 1.54) is 19.4 Å². The lowest BCUT2D eigenvalue weighted by atomic mass is 10.2. The van der Waals surface area contributed by atoms with E-state index in [2.05, 4.69) is 37.9 Å². The van der Waals surface area contributed by atoms with Crippen LogP contribution in [0.2, 0.25) is 0 Å². The van der Waals surface area contributed by atoms with Crippen LogP contribution >= 0.6 is 0 Å². The summed E-state index contributed by atoms with van der Waals surface area (Å²) in [5.41, 5.74) is 0. The molecule has 0 rings (SSSR count). The van der Waals surface area contributed by atoms with Crippen LogP contribution in [0.25, 0.3) is 0 Å². The number of rotatable bonds is 10. The molecule has 0 spiro atoms. The maximum Gasteiger partial charge on any atom is 0.0615 e. The number of methoxy groups -OCH3 is 1. The molecule has 1 atom stereocenters. The quantitative estimate of drug-likeness (QED) is 0.582. The Balaban J connectivity index is 3.54. The molecule has 0 fully saturated rings. The lowest BCUT2D eigenvalue weighted by Gasteiger charge is -2.27. The fourth-order valence-electron chi connectivity index (χ4n) is 1.87. The first-order chi connectivity index (χ1) is 7.61. The van der Waals surface area contributed by atoms with Gasteiger partial charge in [-0.3, -0.25) is 4.90 Å². The first kappa shape index (κ1) is 15.9. The highest BCUT2D eigenvalue weighted by Crippen LogP contribution is 2.02. The van der Waals surface area contributed by atoms with Gasteiger partial charge < -0.3 is 10.1 Å². The molecule has 98 valence electrons. The third-order valence-corrected chi connectivity index (χ3v) is 2.86. The predicted octanol–water partition coefficient (Wildman–Crippen LogP) is 2.12. The van der Waals surface area contributed by atoms with E-state index in [-0.39, 0.29) is 0 Å². The van der Waals surface area contributed by atoms with Gasteiger partial charge in [-0.05, 0) is 39.4 Å². The van der Waals surface area contributed by atoms with E-state index in [0.29, 0.717) is 12.1 Å². The average Bonchev–Trinajstić information content (AvgIpc) is 2.23. The van der Waals surface area contributed by atoms with Crippen LogP contribution in [0.5, 0.6) is 0 Å². The van der Waals surface area contributed by atoms with E-state index in [4.69, 9.17) is 4.74 Å². The van der Waals surface area contributed by atoms with E-state index in [0.717, 1.165) is 19.7 Å². The molecule has 3 nitrogen and oxygen atoms in total. The van der Waals surface area contributed by atoms with E-state index in [1.54, 1.807) is 7.11 Å². The average molecular weight is 230 g/mol. The number of hydrogen-bond donors (Lipinski definition) is 1. The Morgan fingerprint density at radius 1 is 1.19 bits per heavy atom. The zero-order chi connectivity index (χ0) is 12.4. The summed E-state index contributed by atoms with van der Waals surface area (Å²) in [5, 5.41) is 3.45. The standard InChI is InChI=1S/C13H30N2O/c1-6-15(13(4)11-16-5)10-8-7-9-14-12(2)3/h12-14H,6-11H2,1-5H3. The summed E-state index contributed by atoms with van der Waals surface area (Å²) in [6.07, 6.45) is 2.52. The van der Waals surface area contributed by atoms with Crippen LogP contribution in [0.1, 0.15) is 40.5 Å². The molecule has 0 amide bonds. The van der Waals surface area contributed by atoms with E-state index in [9.17, 15) is 0 Å². The number of hydrogen-bond acceptors (Lipinski definition) is 3. The third-order valence-electron chi connectivity index (χ3n) is 2.86. The van der Waals surface area contributed by atoms with Crippen molar-refractivity contribution in [3.8, 4) is 0 Å². The van der Waals surface area contributed by atoms with Gasteiger partial charge in [-0.2, -0.15) is 0 Å². The van der Waals surface area contributed by atoms with Gasteiger partial charge in [0.15, 0.2) is 0 Å². The van der Waals surface area contributed by atoms with Crippen molar-refractivity contribution in [1.82, 2.24) is 10.2 Å². The molecule has 0 aliphatic rings. The number of ether oxygens (including phenoxy) is 1. The van der Waals surface area contributed by atoms with Crippen LogP contribution in [0.15, 0.2) is 0 Å². The van der Waals surface area contributed by atoms with Gasteiger partial charge in [0, 0.05) is 19.2 Å². The maximum absolute atomic E-state index is 5.19. The van der Waals surface area contributed by atoms with E-state index in [1.807, 2.05) is 0 Å². The lowest BCUT2D eigenvalue weighted by molar-refractivity contribution is 0.101. The highest BCUT2D eigenvalue weighted by Gasteiger charge is 2.10. The highest BCUT2D eigenvalue weighted by atomic mass is 16.5. The van der Waals surface area contributed by atoms with Gasteiger partial charge >= 0.3 is 0 Å². The van der Waals surface area contributed by atoms with Gasteiger partial charge in [-0.15, -0.1) is 0 Å². The van der Waals surface area contributed by atoms with Crippen molar-refractivity contribution in [3.05, 3.63) is 0 Å². The van der Waals surface area contributed by atoms with E-state index < -0.39 is 0 Å². The zero-order valence-electron chi connectivity index (χ0n) is 11.8. The van der Waals surface area contributed by atoms with Gasteiger partial charge in [-0.1, -0.05) is 20.8 Å². The third kappa shape index (κ3) is 8.08. The normalized spacial score (nSPS) is 13.7. The second-order valence-corrected chi connectivity index (χ2v) is 4.75. The molecular formula is C13H30N2O. The Bertz CT molecular complexity index is 151. The Kier molecular flexibility index (Phi) is 9.99. The van der Waals surface area contributed by atoms with Crippen molar-refractivity contribution in [2.45, 2.75) is 52.6 Å². The van der Waals surface area contributed by atoms with Crippen molar-refractivity contribution in [2.24, 2.45) is 0 Å². The smallest absolute Gasteiger partial charge is 0.0615 e. The topological polar surface area (TPSA) is 24.5 Å². The summed E-state index contributed by atoms with van der Waals surface area (Å²) in [5.74, 6) is 0. The molecule has 1 N–H and O–H groups in total.